The van der Waals surface area contributed by atoms with Crippen LogP contribution < -0.4 is 5.32 Å². The van der Waals surface area contributed by atoms with Crippen LogP contribution in [0, 0.1) is 5.82 Å². The Hall–Kier alpha value is -1.97. The van der Waals surface area contributed by atoms with Gasteiger partial charge < -0.3 is 5.32 Å². The van der Waals surface area contributed by atoms with Crippen molar-refractivity contribution in [2.24, 2.45) is 0 Å². The third-order valence-electron chi connectivity index (χ3n) is 5.51. The molecule has 2 aromatic rings. The molecule has 1 saturated carbocycles. The van der Waals surface area contributed by atoms with Crippen molar-refractivity contribution in [1.29, 1.82) is 0 Å². The van der Waals surface area contributed by atoms with E-state index in [2.05, 4.69) is 10.3 Å². The van der Waals surface area contributed by atoms with Gasteiger partial charge in [-0.2, -0.15) is 4.31 Å². The maximum atomic E-state index is 13.0. The Labute approximate surface area is 187 Å². The first kappa shape index (κ1) is 23.7. The summed E-state index contributed by atoms with van der Waals surface area (Å²) >= 11 is 1.27. The number of sulfonamides is 1. The summed E-state index contributed by atoms with van der Waals surface area (Å²) < 4.78 is 40.4. The van der Waals surface area contributed by atoms with E-state index in [1.54, 1.807) is 19.2 Å². The topological polar surface area (TPSA) is 79.4 Å². The summed E-state index contributed by atoms with van der Waals surface area (Å²) in [5.41, 5.74) is 0.519. The molecule has 9 heteroatoms. The maximum absolute atomic E-state index is 13.0. The van der Waals surface area contributed by atoms with Crippen molar-refractivity contribution in [2.75, 3.05) is 12.4 Å². The minimum atomic E-state index is -3.60. The summed E-state index contributed by atoms with van der Waals surface area (Å²) in [5.74, 6) is -0.581. The lowest BCUT2D eigenvalue weighted by molar-refractivity contribution is -0.115. The molecule has 0 spiro atoms. The Balaban J connectivity index is 1.65. The zero-order valence-corrected chi connectivity index (χ0v) is 19.4. The molecule has 31 heavy (non-hydrogen) atoms. The predicted octanol–water partition coefficient (Wildman–Crippen LogP) is 4.68. The van der Waals surface area contributed by atoms with E-state index in [0.29, 0.717) is 17.1 Å². The molecule has 0 saturated heterocycles. The quantitative estimate of drug-likeness (QED) is 0.573. The number of nitrogens with zero attached hydrogens (tertiary/aromatic N) is 2. The summed E-state index contributed by atoms with van der Waals surface area (Å²) in [5, 5.41) is 2.93. The van der Waals surface area contributed by atoms with Gasteiger partial charge in [-0.05, 0) is 55.7 Å². The second-order valence-corrected chi connectivity index (χ2v) is 10.9. The highest BCUT2D eigenvalue weighted by atomic mass is 32.2. The molecule has 168 valence electrons. The Morgan fingerprint density at radius 2 is 1.87 bits per heavy atom. The van der Waals surface area contributed by atoms with Crippen molar-refractivity contribution >= 4 is 33.4 Å². The highest BCUT2D eigenvalue weighted by Crippen LogP contribution is 2.29. The molecule has 1 aliphatic carbocycles. The van der Waals surface area contributed by atoms with Gasteiger partial charge >= 0.3 is 0 Å². The fraction of sp³-hybridized carbons (Fsp3) is 0.455. The van der Waals surface area contributed by atoms with Gasteiger partial charge in [0.25, 0.3) is 0 Å². The number of halogens is 1. The molecule has 1 fully saturated rings. The van der Waals surface area contributed by atoms with Gasteiger partial charge in [-0.3, -0.25) is 4.79 Å². The lowest BCUT2D eigenvalue weighted by atomic mass is 9.96. The third-order valence-corrected chi connectivity index (χ3v) is 8.72. The van der Waals surface area contributed by atoms with Crippen molar-refractivity contribution < 1.29 is 17.6 Å². The molecule has 6 nitrogen and oxygen atoms in total. The van der Waals surface area contributed by atoms with Crippen LogP contribution in [0.5, 0.6) is 0 Å². The number of rotatable bonds is 8. The molecule has 1 atom stereocenters. The second-order valence-electron chi connectivity index (χ2n) is 7.66. The summed E-state index contributed by atoms with van der Waals surface area (Å²) in [6.45, 7) is 1.89. The predicted molar refractivity (Wildman–Crippen MR) is 121 cm³/mol. The van der Waals surface area contributed by atoms with Crippen molar-refractivity contribution in [2.45, 2.75) is 66.7 Å². The number of anilines is 1. The Morgan fingerprint density at radius 3 is 2.45 bits per heavy atom. The number of aromatic nitrogens is 1. The first-order chi connectivity index (χ1) is 14.8. The minimum Gasteiger partial charge on any atom is -0.325 e. The van der Waals surface area contributed by atoms with Crippen molar-refractivity contribution in [3.8, 4) is 0 Å². The number of carbonyl (C=O) groups excluding carboxylic acids is 1. The average Bonchev–Trinajstić information content (AvgIpc) is 2.79. The molecular weight excluding hydrogens is 437 g/mol. The number of nitrogens with one attached hydrogen (secondary N) is 1. The van der Waals surface area contributed by atoms with E-state index in [9.17, 15) is 17.6 Å². The summed E-state index contributed by atoms with van der Waals surface area (Å²) in [4.78, 5) is 17.0. The van der Waals surface area contributed by atoms with Crippen LogP contribution in [-0.4, -0.2) is 42.0 Å². The van der Waals surface area contributed by atoms with Crippen molar-refractivity contribution in [3.63, 3.8) is 0 Å². The number of amides is 1. The van der Waals surface area contributed by atoms with E-state index in [1.807, 2.05) is 6.92 Å². The van der Waals surface area contributed by atoms with E-state index < -0.39 is 15.3 Å². The molecule has 1 unspecified atom stereocenters. The summed E-state index contributed by atoms with van der Waals surface area (Å²) in [6.07, 6.45) is 6.96. The van der Waals surface area contributed by atoms with Crippen LogP contribution >= 0.6 is 11.8 Å². The van der Waals surface area contributed by atoms with Crippen LogP contribution in [0.25, 0.3) is 0 Å². The molecule has 1 aromatic heterocycles. The van der Waals surface area contributed by atoms with Crippen LogP contribution in [0.3, 0.4) is 0 Å². The largest absolute Gasteiger partial charge is 0.325 e. The SMILES string of the molecule is CCC(Sc1ccc(S(=O)(=O)N(C)C2CCCCC2)cn1)C(=O)Nc1ccc(F)cc1. The number of pyridine rings is 1. The lowest BCUT2D eigenvalue weighted by Gasteiger charge is -2.30. The van der Waals surface area contributed by atoms with E-state index in [-0.39, 0.29) is 22.7 Å². The molecule has 1 aliphatic rings. The average molecular weight is 466 g/mol. The smallest absolute Gasteiger partial charge is 0.244 e. The highest BCUT2D eigenvalue weighted by Gasteiger charge is 2.29. The fourth-order valence-electron chi connectivity index (χ4n) is 3.62. The van der Waals surface area contributed by atoms with Gasteiger partial charge in [0, 0.05) is 25.0 Å². The van der Waals surface area contributed by atoms with Crippen LogP contribution in [0.15, 0.2) is 52.5 Å². The first-order valence-corrected chi connectivity index (χ1v) is 12.8. The van der Waals surface area contributed by atoms with Crippen LogP contribution in [-0.2, 0) is 14.8 Å². The molecule has 1 heterocycles. The van der Waals surface area contributed by atoms with Gasteiger partial charge in [-0.15, -0.1) is 0 Å². The van der Waals surface area contributed by atoms with E-state index in [0.717, 1.165) is 32.1 Å². The Kier molecular flexibility index (Phi) is 8.07. The van der Waals surface area contributed by atoms with Crippen LogP contribution in [0.4, 0.5) is 10.1 Å². The van der Waals surface area contributed by atoms with Crippen LogP contribution in [0.2, 0.25) is 0 Å². The minimum absolute atomic E-state index is 0.0347. The third kappa shape index (κ3) is 6.05. The molecular formula is C22H28FN3O3S2. The summed E-state index contributed by atoms with van der Waals surface area (Å²) in [7, 11) is -1.96. The van der Waals surface area contributed by atoms with Gasteiger partial charge in [0.2, 0.25) is 15.9 Å². The Morgan fingerprint density at radius 1 is 1.19 bits per heavy atom. The number of carbonyl (C=O) groups is 1. The van der Waals surface area contributed by atoms with Crippen LogP contribution in [0.1, 0.15) is 45.4 Å². The van der Waals surface area contributed by atoms with Crippen molar-refractivity contribution in [3.05, 3.63) is 48.4 Å². The molecule has 1 amide bonds. The summed E-state index contributed by atoms with van der Waals surface area (Å²) in [6, 6.07) is 8.81. The Bertz CT molecular complexity index is 976. The number of hydrogen-bond acceptors (Lipinski definition) is 5. The second kappa shape index (κ2) is 10.6. The monoisotopic (exact) mass is 465 g/mol. The fourth-order valence-corrected chi connectivity index (χ4v) is 5.87. The lowest BCUT2D eigenvalue weighted by Crippen LogP contribution is -2.38. The van der Waals surface area contributed by atoms with Gasteiger partial charge in [0.15, 0.2) is 0 Å². The molecule has 1 aromatic carbocycles. The molecule has 0 aliphatic heterocycles. The highest BCUT2D eigenvalue weighted by molar-refractivity contribution is 8.00. The zero-order valence-electron chi connectivity index (χ0n) is 17.8. The van der Waals surface area contributed by atoms with Gasteiger partial charge in [-0.25, -0.2) is 17.8 Å². The maximum Gasteiger partial charge on any atom is 0.244 e. The van der Waals surface area contributed by atoms with Crippen molar-refractivity contribution in [1.82, 2.24) is 9.29 Å². The van der Waals surface area contributed by atoms with E-state index in [1.165, 1.54) is 46.5 Å². The van der Waals surface area contributed by atoms with Gasteiger partial charge in [0.1, 0.15) is 10.7 Å². The number of benzene rings is 1. The normalized spacial score (nSPS) is 16.3. The van der Waals surface area contributed by atoms with E-state index in [4.69, 9.17) is 0 Å². The number of hydrogen-bond donors (Lipinski definition) is 1. The number of thioether (sulfide) groups is 1. The van der Waals surface area contributed by atoms with E-state index >= 15 is 0 Å². The zero-order chi connectivity index (χ0) is 22.4. The molecule has 3 rings (SSSR count). The first-order valence-electron chi connectivity index (χ1n) is 10.5. The molecule has 0 bridgehead atoms. The molecule has 1 N–H and O–H groups in total. The molecule has 0 radical (unpaired) electrons. The standard InChI is InChI=1S/C22H28FN3O3S2/c1-3-20(22(27)25-17-11-9-16(23)10-12-17)30-21-14-13-19(15-24-21)31(28,29)26(2)18-7-5-4-6-8-18/h9-15,18,20H,3-8H2,1-2H3,(H,25,27). The van der Waals surface area contributed by atoms with Gasteiger partial charge in [-0.1, -0.05) is 37.9 Å². The van der Waals surface area contributed by atoms with Gasteiger partial charge in [0.05, 0.1) is 10.3 Å².